The molecule has 0 aromatic heterocycles. The molecule has 1 aliphatic heterocycles. The van der Waals surface area contributed by atoms with Crippen molar-refractivity contribution in [3.8, 4) is 11.5 Å². The van der Waals surface area contributed by atoms with Crippen LogP contribution in [0, 0.1) is 0 Å². The van der Waals surface area contributed by atoms with E-state index in [2.05, 4.69) is 12.2 Å². The molecule has 0 saturated heterocycles. The molecule has 0 saturated carbocycles. The molecule has 0 atom stereocenters. The first-order valence-electron chi connectivity index (χ1n) is 5.62. The van der Waals surface area contributed by atoms with Crippen molar-refractivity contribution in [1.29, 1.82) is 0 Å². The van der Waals surface area contributed by atoms with Gasteiger partial charge in [0, 0.05) is 5.54 Å². The van der Waals surface area contributed by atoms with Crippen molar-refractivity contribution in [3.63, 3.8) is 0 Å². The van der Waals surface area contributed by atoms with Gasteiger partial charge in [-0.05, 0) is 30.5 Å². The quantitative estimate of drug-likeness (QED) is 0.731. The summed E-state index contributed by atoms with van der Waals surface area (Å²) in [5.41, 5.74) is 7.23. The minimum absolute atomic E-state index is 0.254. The van der Waals surface area contributed by atoms with E-state index in [0.29, 0.717) is 13.2 Å². The molecule has 0 unspecified atom stereocenters. The minimum Gasteiger partial charge on any atom is -0.486 e. The second-order valence-electron chi connectivity index (χ2n) is 4.39. The van der Waals surface area contributed by atoms with Gasteiger partial charge in [0.25, 0.3) is 0 Å². The third-order valence-corrected chi connectivity index (χ3v) is 3.25. The summed E-state index contributed by atoms with van der Waals surface area (Å²) in [4.78, 5) is 0. The predicted octanol–water partition coefficient (Wildman–Crippen LogP) is 1.96. The van der Waals surface area contributed by atoms with Crippen molar-refractivity contribution < 1.29 is 9.47 Å². The highest BCUT2D eigenvalue weighted by molar-refractivity contribution is 5.46. The van der Waals surface area contributed by atoms with Gasteiger partial charge >= 0.3 is 0 Å². The summed E-state index contributed by atoms with van der Waals surface area (Å²) in [6.45, 7) is 1.24. The Labute approximate surface area is 94.9 Å². The summed E-state index contributed by atoms with van der Waals surface area (Å²) in [5, 5.41) is 0. The molecule has 3 nitrogen and oxygen atoms in total. The fourth-order valence-corrected chi connectivity index (χ4v) is 2.26. The van der Waals surface area contributed by atoms with E-state index in [4.69, 9.17) is 15.2 Å². The van der Waals surface area contributed by atoms with Crippen LogP contribution in [0.25, 0.3) is 0 Å². The minimum atomic E-state index is -0.254. The maximum atomic E-state index is 6.35. The van der Waals surface area contributed by atoms with E-state index in [9.17, 15) is 0 Å². The Morgan fingerprint density at radius 2 is 1.69 bits per heavy atom. The van der Waals surface area contributed by atoms with E-state index in [0.717, 1.165) is 29.9 Å². The summed E-state index contributed by atoms with van der Waals surface area (Å²) >= 11 is 0. The van der Waals surface area contributed by atoms with Crippen molar-refractivity contribution in [2.45, 2.75) is 18.4 Å². The van der Waals surface area contributed by atoms with E-state index < -0.39 is 0 Å². The lowest BCUT2D eigenvalue weighted by Gasteiger charge is -2.26. The Balaban J connectivity index is 1.97. The van der Waals surface area contributed by atoms with E-state index in [1.54, 1.807) is 0 Å². The zero-order chi connectivity index (χ0) is 11.0. The molecular weight excluding hydrogens is 202 g/mol. The van der Waals surface area contributed by atoms with Gasteiger partial charge in [0.05, 0.1) is 0 Å². The van der Waals surface area contributed by atoms with Crippen molar-refractivity contribution >= 4 is 0 Å². The number of ether oxygens (including phenoxy) is 2. The van der Waals surface area contributed by atoms with Gasteiger partial charge < -0.3 is 15.2 Å². The van der Waals surface area contributed by atoms with Gasteiger partial charge in [-0.3, -0.25) is 0 Å². The molecule has 0 bridgehead atoms. The Bertz CT molecular complexity index is 432. The van der Waals surface area contributed by atoms with E-state index in [1.165, 1.54) is 0 Å². The largest absolute Gasteiger partial charge is 0.486 e. The van der Waals surface area contributed by atoms with Gasteiger partial charge in [-0.1, -0.05) is 18.2 Å². The first kappa shape index (κ1) is 9.73. The van der Waals surface area contributed by atoms with Gasteiger partial charge in [0.2, 0.25) is 0 Å². The molecule has 1 aliphatic carbocycles. The lowest BCUT2D eigenvalue weighted by Crippen LogP contribution is -2.33. The molecule has 3 rings (SSSR count). The summed E-state index contributed by atoms with van der Waals surface area (Å²) < 4.78 is 11.1. The summed E-state index contributed by atoms with van der Waals surface area (Å²) in [6, 6.07) is 6.01. The zero-order valence-corrected chi connectivity index (χ0v) is 9.11. The molecule has 1 aromatic rings. The fourth-order valence-electron chi connectivity index (χ4n) is 2.26. The van der Waals surface area contributed by atoms with Gasteiger partial charge in [0.15, 0.2) is 11.5 Å². The second-order valence-corrected chi connectivity index (χ2v) is 4.39. The van der Waals surface area contributed by atoms with Gasteiger partial charge in [-0.2, -0.15) is 0 Å². The third-order valence-electron chi connectivity index (χ3n) is 3.25. The monoisotopic (exact) mass is 217 g/mol. The maximum Gasteiger partial charge on any atom is 0.161 e. The number of rotatable bonds is 1. The topological polar surface area (TPSA) is 44.5 Å². The zero-order valence-electron chi connectivity index (χ0n) is 9.11. The van der Waals surface area contributed by atoms with Crippen molar-refractivity contribution in [3.05, 3.63) is 35.9 Å². The highest BCUT2D eigenvalue weighted by atomic mass is 16.6. The Kier molecular flexibility index (Phi) is 2.14. The van der Waals surface area contributed by atoms with E-state index in [1.807, 2.05) is 18.2 Å². The molecule has 3 heteroatoms. The molecule has 0 amide bonds. The number of hydrogen-bond donors (Lipinski definition) is 1. The summed E-state index contributed by atoms with van der Waals surface area (Å²) in [5.74, 6) is 1.64. The van der Waals surface area contributed by atoms with Crippen LogP contribution in [-0.2, 0) is 5.54 Å². The SMILES string of the molecule is NC1(c2ccc3c(c2)OCCO3)CC=CC1. The molecule has 0 spiro atoms. The van der Waals surface area contributed by atoms with Crippen molar-refractivity contribution in [1.82, 2.24) is 0 Å². The third kappa shape index (κ3) is 1.48. The molecule has 16 heavy (non-hydrogen) atoms. The van der Waals surface area contributed by atoms with Gasteiger partial charge in [0.1, 0.15) is 13.2 Å². The average Bonchev–Trinajstić information content (AvgIpc) is 2.77. The Morgan fingerprint density at radius 3 is 2.44 bits per heavy atom. The normalized spacial score (nSPS) is 21.1. The predicted molar refractivity (Wildman–Crippen MR) is 61.7 cm³/mol. The molecule has 84 valence electrons. The molecule has 0 fully saturated rings. The number of benzene rings is 1. The molecule has 2 N–H and O–H groups in total. The second kappa shape index (κ2) is 3.52. The van der Waals surface area contributed by atoms with Crippen LogP contribution in [0.1, 0.15) is 18.4 Å². The number of nitrogens with two attached hydrogens (primary N) is 1. The molecule has 1 heterocycles. The smallest absolute Gasteiger partial charge is 0.161 e. The highest BCUT2D eigenvalue weighted by Crippen LogP contribution is 2.38. The van der Waals surface area contributed by atoms with Crippen LogP contribution in [0.15, 0.2) is 30.4 Å². The van der Waals surface area contributed by atoms with Crippen molar-refractivity contribution in [2.24, 2.45) is 5.73 Å². The standard InChI is InChI=1S/C13H15NO2/c14-13(5-1-2-6-13)10-3-4-11-12(9-10)16-8-7-15-11/h1-4,9H,5-8,14H2. The highest BCUT2D eigenvalue weighted by Gasteiger charge is 2.29. The molecule has 0 radical (unpaired) electrons. The van der Waals surface area contributed by atoms with Crippen LogP contribution >= 0.6 is 0 Å². The lowest BCUT2D eigenvalue weighted by atomic mass is 9.88. The Morgan fingerprint density at radius 1 is 1.00 bits per heavy atom. The average molecular weight is 217 g/mol. The molecule has 1 aromatic carbocycles. The van der Waals surface area contributed by atoms with Crippen LogP contribution in [-0.4, -0.2) is 13.2 Å². The first-order valence-corrected chi connectivity index (χ1v) is 5.62. The number of fused-ring (bicyclic) bond motifs is 1. The van der Waals surface area contributed by atoms with Crippen LogP contribution in [0.5, 0.6) is 11.5 Å². The van der Waals surface area contributed by atoms with Crippen molar-refractivity contribution in [2.75, 3.05) is 13.2 Å². The molecular formula is C13H15NO2. The summed E-state index contributed by atoms with van der Waals surface area (Å²) in [6.07, 6.45) is 6.06. The lowest BCUT2D eigenvalue weighted by molar-refractivity contribution is 0.171. The Hall–Kier alpha value is -1.48. The summed E-state index contributed by atoms with van der Waals surface area (Å²) in [7, 11) is 0. The van der Waals surface area contributed by atoms with Gasteiger partial charge in [-0.15, -0.1) is 0 Å². The van der Waals surface area contributed by atoms with Crippen LogP contribution in [0.3, 0.4) is 0 Å². The van der Waals surface area contributed by atoms with Crippen LogP contribution in [0.4, 0.5) is 0 Å². The number of hydrogen-bond acceptors (Lipinski definition) is 3. The van der Waals surface area contributed by atoms with E-state index in [-0.39, 0.29) is 5.54 Å². The fraction of sp³-hybridized carbons (Fsp3) is 0.385. The van der Waals surface area contributed by atoms with E-state index >= 15 is 0 Å². The first-order chi connectivity index (χ1) is 7.78. The van der Waals surface area contributed by atoms with Crippen LogP contribution < -0.4 is 15.2 Å². The molecule has 2 aliphatic rings. The van der Waals surface area contributed by atoms with Gasteiger partial charge in [-0.25, -0.2) is 0 Å². The van der Waals surface area contributed by atoms with Crippen LogP contribution in [0.2, 0.25) is 0 Å². The maximum absolute atomic E-state index is 6.35.